The summed E-state index contributed by atoms with van der Waals surface area (Å²) in [5, 5.41) is 0. The Hall–Kier alpha value is -0.780. The number of carbonyl (C=O) groups is 1. The van der Waals surface area contributed by atoms with Crippen LogP contribution < -0.4 is 4.74 Å². The van der Waals surface area contributed by atoms with Crippen LogP contribution in [0.15, 0.2) is 30.3 Å². The van der Waals surface area contributed by atoms with E-state index in [2.05, 4.69) is 0 Å². The first-order valence-electron chi connectivity index (χ1n) is 4.65. The Bertz CT molecular complexity index is 300. The van der Waals surface area contributed by atoms with Gasteiger partial charge in [-0.3, -0.25) is 4.79 Å². The first kappa shape index (κ1) is 12.3. The molecule has 0 amide bonds. The number of benzene rings is 1. The summed E-state index contributed by atoms with van der Waals surface area (Å²) >= 11 is 1.97. The van der Waals surface area contributed by atoms with E-state index in [1.807, 2.05) is 59.8 Å². The number of hydrogen-bond acceptors (Lipinski definition) is 3. The van der Waals surface area contributed by atoms with Crippen molar-refractivity contribution in [2.24, 2.45) is 0 Å². The van der Waals surface area contributed by atoms with Crippen molar-refractivity contribution >= 4 is 28.6 Å². The SMILES string of the molecule is CC(COc1ccccc1)OC(=O)CI. The third-order valence-electron chi connectivity index (χ3n) is 1.67. The lowest BCUT2D eigenvalue weighted by Gasteiger charge is -2.13. The van der Waals surface area contributed by atoms with E-state index in [-0.39, 0.29) is 12.1 Å². The number of para-hydroxylation sites is 1. The molecular formula is C11H13IO3. The van der Waals surface area contributed by atoms with E-state index in [9.17, 15) is 4.79 Å². The maximum atomic E-state index is 10.9. The summed E-state index contributed by atoms with van der Waals surface area (Å²) in [5.74, 6) is 0.578. The van der Waals surface area contributed by atoms with Gasteiger partial charge in [-0.15, -0.1) is 0 Å². The Labute approximate surface area is 103 Å². The Kier molecular flexibility index (Phi) is 5.45. The summed E-state index contributed by atoms with van der Waals surface area (Å²) < 4.78 is 10.9. The van der Waals surface area contributed by atoms with Crippen LogP contribution in [-0.2, 0) is 9.53 Å². The van der Waals surface area contributed by atoms with Crippen molar-refractivity contribution in [2.45, 2.75) is 13.0 Å². The number of alkyl halides is 1. The molecule has 1 aromatic carbocycles. The molecular weight excluding hydrogens is 307 g/mol. The summed E-state index contributed by atoms with van der Waals surface area (Å²) in [5.41, 5.74) is 0. The van der Waals surface area contributed by atoms with Crippen molar-refractivity contribution in [1.29, 1.82) is 0 Å². The Morgan fingerprint density at radius 3 is 2.67 bits per heavy atom. The lowest BCUT2D eigenvalue weighted by molar-refractivity contribution is -0.145. The molecule has 1 aromatic rings. The van der Waals surface area contributed by atoms with Crippen molar-refractivity contribution in [3.63, 3.8) is 0 Å². The zero-order valence-corrected chi connectivity index (χ0v) is 10.6. The number of halogens is 1. The zero-order valence-electron chi connectivity index (χ0n) is 8.48. The van der Waals surface area contributed by atoms with Crippen LogP contribution >= 0.6 is 22.6 Å². The molecule has 3 nitrogen and oxygen atoms in total. The molecule has 0 aromatic heterocycles. The maximum Gasteiger partial charge on any atom is 0.316 e. The van der Waals surface area contributed by atoms with Gasteiger partial charge < -0.3 is 9.47 Å². The first-order valence-corrected chi connectivity index (χ1v) is 6.18. The molecule has 0 N–H and O–H groups in total. The minimum Gasteiger partial charge on any atom is -0.490 e. The zero-order chi connectivity index (χ0) is 11.1. The van der Waals surface area contributed by atoms with Crippen LogP contribution in [0.2, 0.25) is 0 Å². The van der Waals surface area contributed by atoms with Gasteiger partial charge in [-0.25, -0.2) is 0 Å². The number of hydrogen-bond donors (Lipinski definition) is 0. The first-order chi connectivity index (χ1) is 7.22. The van der Waals surface area contributed by atoms with Gasteiger partial charge in [0.2, 0.25) is 0 Å². The van der Waals surface area contributed by atoms with E-state index in [0.29, 0.717) is 11.0 Å². The van der Waals surface area contributed by atoms with Crippen LogP contribution in [-0.4, -0.2) is 23.1 Å². The minimum atomic E-state index is -0.215. The largest absolute Gasteiger partial charge is 0.490 e. The predicted octanol–water partition coefficient (Wildman–Crippen LogP) is 2.43. The highest BCUT2D eigenvalue weighted by Gasteiger charge is 2.08. The van der Waals surface area contributed by atoms with Crippen LogP contribution in [0.5, 0.6) is 5.75 Å². The number of esters is 1. The van der Waals surface area contributed by atoms with E-state index in [1.165, 1.54) is 0 Å². The molecule has 0 fully saturated rings. The average Bonchev–Trinajstić information content (AvgIpc) is 2.27. The molecule has 0 heterocycles. The Morgan fingerprint density at radius 2 is 2.07 bits per heavy atom. The second-order valence-electron chi connectivity index (χ2n) is 3.06. The molecule has 0 spiro atoms. The molecule has 15 heavy (non-hydrogen) atoms. The number of rotatable bonds is 5. The maximum absolute atomic E-state index is 10.9. The molecule has 1 atom stereocenters. The molecule has 1 unspecified atom stereocenters. The van der Waals surface area contributed by atoms with E-state index < -0.39 is 0 Å². The van der Waals surface area contributed by atoms with Gasteiger partial charge in [0, 0.05) is 0 Å². The van der Waals surface area contributed by atoms with Gasteiger partial charge in [-0.1, -0.05) is 40.8 Å². The standard InChI is InChI=1S/C11H13IO3/c1-9(15-11(13)7-12)8-14-10-5-3-2-4-6-10/h2-6,9H,7-8H2,1H3. The van der Waals surface area contributed by atoms with Gasteiger partial charge in [0.25, 0.3) is 0 Å². The molecule has 0 bridgehead atoms. The highest BCUT2D eigenvalue weighted by atomic mass is 127. The van der Waals surface area contributed by atoms with Crippen LogP contribution in [0.25, 0.3) is 0 Å². The van der Waals surface area contributed by atoms with Crippen LogP contribution in [0.4, 0.5) is 0 Å². The topological polar surface area (TPSA) is 35.5 Å². The molecule has 0 aliphatic heterocycles. The van der Waals surface area contributed by atoms with Crippen LogP contribution in [0, 0.1) is 0 Å². The quantitative estimate of drug-likeness (QED) is 0.475. The summed E-state index contributed by atoms with van der Waals surface area (Å²) in [6.07, 6.45) is -0.215. The highest BCUT2D eigenvalue weighted by molar-refractivity contribution is 14.1. The fourth-order valence-corrected chi connectivity index (χ4v) is 1.20. The number of ether oxygens (including phenoxy) is 2. The third kappa shape index (κ3) is 5.01. The lowest BCUT2D eigenvalue weighted by atomic mass is 10.3. The molecule has 82 valence electrons. The molecule has 0 aliphatic rings. The van der Waals surface area contributed by atoms with Gasteiger partial charge in [-0.2, -0.15) is 0 Å². The summed E-state index contributed by atoms with van der Waals surface area (Å²) in [6, 6.07) is 9.46. The van der Waals surface area contributed by atoms with E-state index in [4.69, 9.17) is 9.47 Å². The van der Waals surface area contributed by atoms with E-state index >= 15 is 0 Å². The Morgan fingerprint density at radius 1 is 1.40 bits per heavy atom. The molecule has 4 heteroatoms. The summed E-state index contributed by atoms with van der Waals surface area (Å²) in [7, 11) is 0. The molecule has 0 aliphatic carbocycles. The second kappa shape index (κ2) is 6.66. The van der Waals surface area contributed by atoms with Gasteiger partial charge in [-0.05, 0) is 19.1 Å². The van der Waals surface area contributed by atoms with Crippen molar-refractivity contribution in [3.05, 3.63) is 30.3 Å². The molecule has 0 saturated carbocycles. The summed E-state index contributed by atoms with van der Waals surface area (Å²) in [6.45, 7) is 2.19. The van der Waals surface area contributed by atoms with Crippen LogP contribution in [0.1, 0.15) is 6.92 Å². The molecule has 0 radical (unpaired) electrons. The second-order valence-corrected chi connectivity index (χ2v) is 3.82. The smallest absolute Gasteiger partial charge is 0.316 e. The fraction of sp³-hybridized carbons (Fsp3) is 0.364. The van der Waals surface area contributed by atoms with E-state index in [1.54, 1.807) is 0 Å². The van der Waals surface area contributed by atoms with Crippen molar-refractivity contribution in [2.75, 3.05) is 11.0 Å². The van der Waals surface area contributed by atoms with Crippen molar-refractivity contribution < 1.29 is 14.3 Å². The molecule has 1 rings (SSSR count). The van der Waals surface area contributed by atoms with Crippen molar-refractivity contribution in [1.82, 2.24) is 0 Å². The summed E-state index contributed by atoms with van der Waals surface area (Å²) in [4.78, 5) is 10.9. The van der Waals surface area contributed by atoms with Gasteiger partial charge >= 0.3 is 5.97 Å². The van der Waals surface area contributed by atoms with Crippen molar-refractivity contribution in [3.8, 4) is 5.75 Å². The fourth-order valence-electron chi connectivity index (χ4n) is 1.02. The highest BCUT2D eigenvalue weighted by Crippen LogP contribution is 2.09. The van der Waals surface area contributed by atoms with Gasteiger partial charge in [0.05, 0.1) is 4.43 Å². The Balaban J connectivity index is 2.28. The van der Waals surface area contributed by atoms with E-state index in [0.717, 1.165) is 5.75 Å². The lowest BCUT2D eigenvalue weighted by Crippen LogP contribution is -2.22. The third-order valence-corrected chi connectivity index (χ3v) is 2.29. The monoisotopic (exact) mass is 320 g/mol. The average molecular weight is 320 g/mol. The van der Waals surface area contributed by atoms with Gasteiger partial charge in [0.1, 0.15) is 18.5 Å². The minimum absolute atomic E-state index is 0.209. The molecule has 0 saturated heterocycles. The number of carbonyl (C=O) groups excluding carboxylic acids is 1. The predicted molar refractivity (Wildman–Crippen MR) is 66.4 cm³/mol. The van der Waals surface area contributed by atoms with Crippen LogP contribution in [0.3, 0.4) is 0 Å². The normalized spacial score (nSPS) is 11.9. The van der Waals surface area contributed by atoms with Gasteiger partial charge in [0.15, 0.2) is 0 Å².